The van der Waals surface area contributed by atoms with Crippen molar-refractivity contribution < 1.29 is 9.50 Å². The molecule has 0 heterocycles. The first-order chi connectivity index (χ1) is 5.00. The fourth-order valence-corrected chi connectivity index (χ4v) is 0.691. The lowest BCUT2D eigenvalue weighted by molar-refractivity contribution is 0.424. The largest absolute Gasteiger partial charge is 0.507 e. The van der Waals surface area contributed by atoms with Crippen molar-refractivity contribution in [3.63, 3.8) is 0 Å². The fourth-order valence-electron chi connectivity index (χ4n) is 0.691. The van der Waals surface area contributed by atoms with Gasteiger partial charge in [-0.15, -0.1) is 0 Å². The van der Waals surface area contributed by atoms with Gasteiger partial charge in [-0.25, -0.2) is 4.39 Å². The van der Waals surface area contributed by atoms with Gasteiger partial charge in [0.05, 0.1) is 5.57 Å². The van der Waals surface area contributed by atoms with Crippen LogP contribution in [0.5, 0.6) is 0 Å². The van der Waals surface area contributed by atoms with E-state index in [0.29, 0.717) is 5.57 Å². The van der Waals surface area contributed by atoms with Gasteiger partial charge in [0.25, 0.3) is 0 Å². The standard InChI is InChI=1S/C9H11FO/c1-5-8(11)9(6(2)3)7(4)10/h5,11H,1-2,4H2,3H3/b9-8+. The van der Waals surface area contributed by atoms with E-state index in [1.807, 2.05) is 0 Å². The van der Waals surface area contributed by atoms with Crippen LogP contribution < -0.4 is 0 Å². The van der Waals surface area contributed by atoms with Crippen LogP contribution in [0, 0.1) is 0 Å². The van der Waals surface area contributed by atoms with Crippen LogP contribution in [0.1, 0.15) is 6.92 Å². The first-order valence-corrected chi connectivity index (χ1v) is 3.07. The molecule has 0 aliphatic heterocycles. The summed E-state index contributed by atoms with van der Waals surface area (Å²) in [7, 11) is 0. The Morgan fingerprint density at radius 2 is 1.91 bits per heavy atom. The maximum atomic E-state index is 12.5. The molecule has 0 aromatic carbocycles. The van der Waals surface area contributed by atoms with Gasteiger partial charge in [-0.2, -0.15) is 0 Å². The molecule has 2 heteroatoms. The van der Waals surface area contributed by atoms with Gasteiger partial charge in [0.15, 0.2) is 0 Å². The van der Waals surface area contributed by atoms with Crippen molar-refractivity contribution in [1.29, 1.82) is 0 Å². The number of aliphatic hydroxyl groups is 1. The van der Waals surface area contributed by atoms with Crippen LogP contribution in [0.4, 0.5) is 4.39 Å². The van der Waals surface area contributed by atoms with E-state index in [4.69, 9.17) is 5.11 Å². The highest BCUT2D eigenvalue weighted by molar-refractivity contribution is 5.44. The number of hydrogen-bond donors (Lipinski definition) is 1. The van der Waals surface area contributed by atoms with Crippen LogP contribution in [0.25, 0.3) is 0 Å². The molecule has 0 aromatic rings. The Hall–Kier alpha value is -1.31. The SMILES string of the molecule is C=C/C(O)=C(/C(=C)C)C(=C)F. The molecule has 60 valence electrons. The molecule has 1 nitrogen and oxygen atoms in total. The summed E-state index contributed by atoms with van der Waals surface area (Å²) in [6, 6.07) is 0. The molecule has 0 fully saturated rings. The van der Waals surface area contributed by atoms with Gasteiger partial charge in [0, 0.05) is 0 Å². The summed E-state index contributed by atoms with van der Waals surface area (Å²) in [6.07, 6.45) is 1.15. The van der Waals surface area contributed by atoms with Crippen molar-refractivity contribution in [3.8, 4) is 0 Å². The van der Waals surface area contributed by atoms with E-state index in [-0.39, 0.29) is 11.3 Å². The lowest BCUT2D eigenvalue weighted by atomic mass is 10.1. The molecular weight excluding hydrogens is 143 g/mol. The van der Waals surface area contributed by atoms with E-state index >= 15 is 0 Å². The van der Waals surface area contributed by atoms with Crippen molar-refractivity contribution in [2.45, 2.75) is 6.92 Å². The van der Waals surface area contributed by atoms with E-state index in [2.05, 4.69) is 19.7 Å². The van der Waals surface area contributed by atoms with Crippen LogP contribution in [0.15, 0.2) is 48.5 Å². The van der Waals surface area contributed by atoms with Crippen molar-refractivity contribution in [2.75, 3.05) is 0 Å². The van der Waals surface area contributed by atoms with E-state index in [0.717, 1.165) is 6.08 Å². The van der Waals surface area contributed by atoms with Gasteiger partial charge in [-0.1, -0.05) is 19.7 Å². The third-order valence-electron chi connectivity index (χ3n) is 1.15. The molecular formula is C9H11FO. The zero-order valence-corrected chi connectivity index (χ0v) is 6.52. The van der Waals surface area contributed by atoms with Gasteiger partial charge in [0.1, 0.15) is 11.6 Å². The molecule has 0 aliphatic rings. The van der Waals surface area contributed by atoms with Gasteiger partial charge in [-0.05, 0) is 18.6 Å². The smallest absolute Gasteiger partial charge is 0.127 e. The first kappa shape index (κ1) is 9.69. The number of halogens is 1. The topological polar surface area (TPSA) is 20.2 Å². The second-order valence-corrected chi connectivity index (χ2v) is 2.15. The molecule has 11 heavy (non-hydrogen) atoms. The summed E-state index contributed by atoms with van der Waals surface area (Å²) >= 11 is 0. The van der Waals surface area contributed by atoms with Crippen LogP contribution >= 0.6 is 0 Å². The Morgan fingerprint density at radius 3 is 2.00 bits per heavy atom. The Morgan fingerprint density at radius 1 is 1.45 bits per heavy atom. The minimum Gasteiger partial charge on any atom is -0.507 e. The molecule has 0 aromatic heterocycles. The molecule has 0 amide bonds. The second-order valence-electron chi connectivity index (χ2n) is 2.15. The predicted octanol–water partition coefficient (Wildman–Crippen LogP) is 3.04. The summed E-state index contributed by atoms with van der Waals surface area (Å²) in [5, 5.41) is 9.06. The van der Waals surface area contributed by atoms with Crippen LogP contribution in [0.3, 0.4) is 0 Å². The predicted molar refractivity (Wildman–Crippen MR) is 44.9 cm³/mol. The Balaban J connectivity index is 5.04. The molecule has 0 rings (SSSR count). The van der Waals surface area contributed by atoms with Gasteiger partial charge in [-0.3, -0.25) is 0 Å². The molecule has 0 bridgehead atoms. The maximum absolute atomic E-state index is 12.5. The summed E-state index contributed by atoms with van der Waals surface area (Å²) < 4.78 is 12.5. The van der Waals surface area contributed by atoms with E-state index < -0.39 is 5.83 Å². The molecule has 0 spiro atoms. The fraction of sp³-hybridized carbons (Fsp3) is 0.111. The molecule has 0 unspecified atom stereocenters. The average molecular weight is 154 g/mol. The summed E-state index contributed by atoms with van der Waals surface area (Å²) in [6.45, 7) is 11.4. The van der Waals surface area contributed by atoms with Gasteiger partial charge in [0.2, 0.25) is 0 Å². The molecule has 0 atom stereocenters. The average Bonchev–Trinajstić information content (AvgIpc) is 1.85. The van der Waals surface area contributed by atoms with Gasteiger partial charge >= 0.3 is 0 Å². The van der Waals surface area contributed by atoms with Crippen molar-refractivity contribution >= 4 is 0 Å². The van der Waals surface area contributed by atoms with Crippen molar-refractivity contribution in [1.82, 2.24) is 0 Å². The van der Waals surface area contributed by atoms with E-state index in [9.17, 15) is 4.39 Å². The van der Waals surface area contributed by atoms with Crippen molar-refractivity contribution in [3.05, 3.63) is 48.5 Å². The monoisotopic (exact) mass is 154 g/mol. The summed E-state index contributed by atoms with van der Waals surface area (Å²) in [5.41, 5.74) is 0.454. The number of rotatable bonds is 3. The lowest BCUT2D eigenvalue weighted by Crippen LogP contribution is -1.90. The highest BCUT2D eigenvalue weighted by atomic mass is 19.1. The van der Waals surface area contributed by atoms with Crippen LogP contribution in [-0.2, 0) is 0 Å². The third-order valence-corrected chi connectivity index (χ3v) is 1.15. The van der Waals surface area contributed by atoms with Gasteiger partial charge < -0.3 is 5.11 Å². The highest BCUT2D eigenvalue weighted by Crippen LogP contribution is 2.20. The number of aliphatic hydroxyl groups excluding tert-OH is 1. The number of allylic oxidation sites excluding steroid dienone is 4. The van der Waals surface area contributed by atoms with Crippen LogP contribution in [-0.4, -0.2) is 5.11 Å². The third kappa shape index (κ3) is 2.42. The van der Waals surface area contributed by atoms with Crippen molar-refractivity contribution in [2.24, 2.45) is 0 Å². The zero-order valence-electron chi connectivity index (χ0n) is 6.52. The minimum atomic E-state index is -0.699. The Kier molecular flexibility index (Phi) is 3.31. The summed E-state index contributed by atoms with van der Waals surface area (Å²) in [4.78, 5) is 0. The molecule has 0 saturated carbocycles. The normalized spacial score (nSPS) is 11.8. The summed E-state index contributed by atoms with van der Waals surface area (Å²) in [5.74, 6) is -0.931. The molecule has 0 aliphatic carbocycles. The Bertz CT molecular complexity index is 220. The Labute approximate surface area is 65.9 Å². The molecule has 0 saturated heterocycles. The lowest BCUT2D eigenvalue weighted by Gasteiger charge is -2.03. The molecule has 1 N–H and O–H groups in total. The quantitative estimate of drug-likeness (QED) is 0.489. The molecule has 0 radical (unpaired) electrons. The maximum Gasteiger partial charge on any atom is 0.127 e. The van der Waals surface area contributed by atoms with E-state index in [1.54, 1.807) is 6.92 Å². The van der Waals surface area contributed by atoms with E-state index in [1.165, 1.54) is 0 Å². The second kappa shape index (κ2) is 3.76. The minimum absolute atomic E-state index is 0.0278. The zero-order chi connectivity index (χ0) is 9.02. The number of hydrogen-bond acceptors (Lipinski definition) is 1. The first-order valence-electron chi connectivity index (χ1n) is 3.07. The van der Waals surface area contributed by atoms with Crippen LogP contribution in [0.2, 0.25) is 0 Å². The highest BCUT2D eigenvalue weighted by Gasteiger charge is 2.07.